The smallest absolute Gasteiger partial charge is 0.123 e. The van der Waals surface area contributed by atoms with Crippen LogP contribution in [0.2, 0.25) is 0 Å². The maximum absolute atomic E-state index is 12.8. The van der Waals surface area contributed by atoms with Crippen LogP contribution < -0.4 is 0 Å². The van der Waals surface area contributed by atoms with E-state index >= 15 is 0 Å². The SMILES string of the molecule is OC(c1cccc(F)c1)C1CCC1. The van der Waals surface area contributed by atoms with Crippen LogP contribution in [0, 0.1) is 11.7 Å². The van der Waals surface area contributed by atoms with E-state index in [0.717, 1.165) is 12.8 Å². The van der Waals surface area contributed by atoms with E-state index in [1.165, 1.54) is 18.6 Å². The number of halogens is 1. The molecule has 1 aliphatic carbocycles. The molecule has 70 valence electrons. The molecule has 2 heteroatoms. The van der Waals surface area contributed by atoms with Gasteiger partial charge in [-0.2, -0.15) is 0 Å². The van der Waals surface area contributed by atoms with Crippen molar-refractivity contribution in [2.24, 2.45) is 5.92 Å². The van der Waals surface area contributed by atoms with Crippen LogP contribution in [-0.4, -0.2) is 5.11 Å². The first-order valence-corrected chi connectivity index (χ1v) is 4.71. The second kappa shape index (κ2) is 3.46. The Hall–Kier alpha value is -0.890. The van der Waals surface area contributed by atoms with E-state index in [-0.39, 0.29) is 5.82 Å². The standard InChI is InChI=1S/C11H13FO/c12-10-6-2-5-9(7-10)11(13)8-3-1-4-8/h2,5-8,11,13H,1,3-4H2. The third kappa shape index (κ3) is 1.73. The minimum atomic E-state index is -0.468. The Bertz CT molecular complexity index is 294. The van der Waals surface area contributed by atoms with Gasteiger partial charge >= 0.3 is 0 Å². The van der Waals surface area contributed by atoms with Crippen molar-refractivity contribution < 1.29 is 9.50 Å². The molecule has 1 N–H and O–H groups in total. The van der Waals surface area contributed by atoms with Gasteiger partial charge in [-0.1, -0.05) is 18.6 Å². The van der Waals surface area contributed by atoms with Crippen LogP contribution in [0.4, 0.5) is 4.39 Å². The summed E-state index contributed by atoms with van der Waals surface area (Å²) in [5.74, 6) is 0.0812. The lowest BCUT2D eigenvalue weighted by molar-refractivity contribution is 0.0618. The summed E-state index contributed by atoms with van der Waals surface area (Å²) in [5, 5.41) is 9.80. The first kappa shape index (κ1) is 8.70. The molecule has 1 aromatic rings. The van der Waals surface area contributed by atoms with Crippen LogP contribution in [-0.2, 0) is 0 Å². The molecule has 1 unspecified atom stereocenters. The largest absolute Gasteiger partial charge is 0.388 e. The zero-order valence-electron chi connectivity index (χ0n) is 7.41. The van der Waals surface area contributed by atoms with Gasteiger partial charge in [0.1, 0.15) is 5.82 Å². The summed E-state index contributed by atoms with van der Waals surface area (Å²) in [4.78, 5) is 0. The van der Waals surface area contributed by atoms with E-state index in [0.29, 0.717) is 11.5 Å². The Morgan fingerprint density at radius 2 is 2.15 bits per heavy atom. The summed E-state index contributed by atoms with van der Waals surface area (Å²) in [6, 6.07) is 6.25. The van der Waals surface area contributed by atoms with Crippen LogP contribution in [0.15, 0.2) is 24.3 Å². The fourth-order valence-electron chi connectivity index (χ4n) is 1.72. The molecule has 0 aliphatic heterocycles. The molecule has 1 aromatic carbocycles. The highest BCUT2D eigenvalue weighted by molar-refractivity contribution is 5.19. The normalized spacial score (nSPS) is 19.5. The van der Waals surface area contributed by atoms with Crippen molar-refractivity contribution in [3.8, 4) is 0 Å². The van der Waals surface area contributed by atoms with Gasteiger partial charge in [-0.15, -0.1) is 0 Å². The van der Waals surface area contributed by atoms with Gasteiger partial charge in [-0.3, -0.25) is 0 Å². The number of rotatable bonds is 2. The van der Waals surface area contributed by atoms with Gasteiger partial charge in [0.25, 0.3) is 0 Å². The predicted octanol–water partition coefficient (Wildman–Crippen LogP) is 2.66. The van der Waals surface area contributed by atoms with E-state index < -0.39 is 6.10 Å². The van der Waals surface area contributed by atoms with Gasteiger partial charge in [0.15, 0.2) is 0 Å². The lowest BCUT2D eigenvalue weighted by Crippen LogP contribution is -2.19. The molecule has 0 aromatic heterocycles. The van der Waals surface area contributed by atoms with Crippen molar-refractivity contribution in [3.63, 3.8) is 0 Å². The Morgan fingerprint density at radius 1 is 1.38 bits per heavy atom. The maximum Gasteiger partial charge on any atom is 0.123 e. The van der Waals surface area contributed by atoms with Gasteiger partial charge in [0, 0.05) is 0 Å². The van der Waals surface area contributed by atoms with Crippen molar-refractivity contribution in [2.45, 2.75) is 25.4 Å². The second-order valence-corrected chi connectivity index (χ2v) is 3.69. The monoisotopic (exact) mass is 180 g/mol. The van der Waals surface area contributed by atoms with Crippen LogP contribution in [0.5, 0.6) is 0 Å². The molecular weight excluding hydrogens is 167 g/mol. The molecular formula is C11H13FO. The molecule has 1 atom stereocenters. The number of benzene rings is 1. The van der Waals surface area contributed by atoms with Gasteiger partial charge in [-0.05, 0) is 36.5 Å². The van der Waals surface area contributed by atoms with E-state index in [1.807, 2.05) is 0 Å². The summed E-state index contributed by atoms with van der Waals surface area (Å²) in [5.41, 5.74) is 0.713. The maximum atomic E-state index is 12.8. The molecule has 1 aliphatic rings. The molecule has 0 spiro atoms. The van der Waals surface area contributed by atoms with Crippen molar-refractivity contribution in [1.82, 2.24) is 0 Å². The molecule has 1 nitrogen and oxygen atoms in total. The molecule has 13 heavy (non-hydrogen) atoms. The molecule has 0 saturated heterocycles. The fraction of sp³-hybridized carbons (Fsp3) is 0.455. The van der Waals surface area contributed by atoms with Gasteiger partial charge in [0.05, 0.1) is 6.10 Å². The Kier molecular flexibility index (Phi) is 2.32. The second-order valence-electron chi connectivity index (χ2n) is 3.69. The van der Waals surface area contributed by atoms with Crippen LogP contribution >= 0.6 is 0 Å². The van der Waals surface area contributed by atoms with E-state index in [9.17, 15) is 9.50 Å². The van der Waals surface area contributed by atoms with Crippen LogP contribution in [0.1, 0.15) is 30.9 Å². The van der Waals surface area contributed by atoms with Crippen molar-refractivity contribution in [1.29, 1.82) is 0 Å². The molecule has 1 saturated carbocycles. The van der Waals surface area contributed by atoms with Gasteiger partial charge in [0.2, 0.25) is 0 Å². The van der Waals surface area contributed by atoms with Crippen LogP contribution in [0.25, 0.3) is 0 Å². The van der Waals surface area contributed by atoms with E-state index in [4.69, 9.17) is 0 Å². The number of aliphatic hydroxyl groups excluding tert-OH is 1. The van der Waals surface area contributed by atoms with Crippen LogP contribution in [0.3, 0.4) is 0 Å². The molecule has 0 heterocycles. The fourth-order valence-corrected chi connectivity index (χ4v) is 1.72. The molecule has 0 radical (unpaired) electrons. The first-order chi connectivity index (χ1) is 6.27. The number of aliphatic hydroxyl groups is 1. The van der Waals surface area contributed by atoms with Gasteiger partial charge in [-0.25, -0.2) is 4.39 Å². The predicted molar refractivity (Wildman–Crippen MR) is 48.7 cm³/mol. The molecule has 0 bridgehead atoms. The van der Waals surface area contributed by atoms with Crippen molar-refractivity contribution in [2.75, 3.05) is 0 Å². The minimum absolute atomic E-state index is 0.268. The van der Waals surface area contributed by atoms with E-state index in [1.54, 1.807) is 12.1 Å². The zero-order valence-corrected chi connectivity index (χ0v) is 7.41. The van der Waals surface area contributed by atoms with Crippen molar-refractivity contribution in [3.05, 3.63) is 35.6 Å². The highest BCUT2D eigenvalue weighted by atomic mass is 19.1. The topological polar surface area (TPSA) is 20.2 Å². The molecule has 0 amide bonds. The van der Waals surface area contributed by atoms with Gasteiger partial charge < -0.3 is 5.11 Å². The molecule has 1 fully saturated rings. The number of hydrogen-bond donors (Lipinski definition) is 1. The average Bonchev–Trinajstić information content (AvgIpc) is 2.01. The minimum Gasteiger partial charge on any atom is -0.388 e. The first-order valence-electron chi connectivity index (χ1n) is 4.71. The summed E-state index contributed by atoms with van der Waals surface area (Å²) in [7, 11) is 0. The van der Waals surface area contributed by atoms with E-state index in [2.05, 4.69) is 0 Å². The Labute approximate surface area is 77.2 Å². The lowest BCUT2D eigenvalue weighted by Gasteiger charge is -2.30. The quantitative estimate of drug-likeness (QED) is 0.741. The lowest BCUT2D eigenvalue weighted by atomic mass is 9.79. The summed E-state index contributed by atoms with van der Waals surface area (Å²) in [6.07, 6.45) is 2.86. The highest BCUT2D eigenvalue weighted by Crippen LogP contribution is 2.37. The van der Waals surface area contributed by atoms with Crippen molar-refractivity contribution >= 4 is 0 Å². The Balaban J connectivity index is 2.14. The Morgan fingerprint density at radius 3 is 2.69 bits per heavy atom. The third-order valence-corrected chi connectivity index (χ3v) is 2.79. The average molecular weight is 180 g/mol. The molecule has 2 rings (SSSR count). The summed E-state index contributed by atoms with van der Waals surface area (Å²) >= 11 is 0. The highest BCUT2D eigenvalue weighted by Gasteiger charge is 2.26. The summed E-state index contributed by atoms with van der Waals surface area (Å²) in [6.45, 7) is 0. The summed E-state index contributed by atoms with van der Waals surface area (Å²) < 4.78 is 12.8. The number of hydrogen-bond acceptors (Lipinski definition) is 1. The zero-order chi connectivity index (χ0) is 9.26. The third-order valence-electron chi connectivity index (χ3n) is 2.79.